The van der Waals surface area contributed by atoms with Crippen molar-refractivity contribution in [3.63, 3.8) is 0 Å². The van der Waals surface area contributed by atoms with Gasteiger partial charge in [-0.15, -0.1) is 11.3 Å². The molecule has 3 heterocycles. The summed E-state index contributed by atoms with van der Waals surface area (Å²) in [7, 11) is 2.76. The fraction of sp³-hybridized carbons (Fsp3) is 0.400. The Morgan fingerprint density at radius 1 is 1.25 bits per heavy atom. The minimum atomic E-state index is -0.835. The number of nitrogens with zero attached hydrogens (tertiary/aromatic N) is 4. The first-order valence-corrected chi connectivity index (χ1v) is 13.3. The molecule has 0 spiro atoms. The van der Waals surface area contributed by atoms with Crippen LogP contribution in [0.25, 0.3) is 0 Å². The third kappa shape index (κ3) is 6.26. The van der Waals surface area contributed by atoms with Gasteiger partial charge in [-0.2, -0.15) is 0 Å². The first-order chi connectivity index (χ1) is 19.2. The molecule has 40 heavy (non-hydrogen) atoms. The van der Waals surface area contributed by atoms with Crippen LogP contribution < -0.4 is 21.1 Å². The third-order valence-corrected chi connectivity index (χ3v) is 7.05. The van der Waals surface area contributed by atoms with Gasteiger partial charge in [-0.05, 0) is 24.6 Å². The number of carbonyl (C=O) groups excluding carboxylic acids is 3. The highest BCUT2D eigenvalue weighted by Crippen LogP contribution is 2.34. The summed E-state index contributed by atoms with van der Waals surface area (Å²) < 4.78 is 10.5. The predicted molar refractivity (Wildman–Crippen MR) is 146 cm³/mol. The van der Waals surface area contributed by atoms with Crippen LogP contribution in [0.2, 0.25) is 0 Å². The van der Waals surface area contributed by atoms with Gasteiger partial charge >= 0.3 is 12.0 Å². The van der Waals surface area contributed by atoms with Crippen molar-refractivity contribution >= 4 is 40.1 Å². The van der Waals surface area contributed by atoms with Crippen molar-refractivity contribution in [1.82, 2.24) is 25.4 Å². The maximum Gasteiger partial charge on any atom is 0.338 e. The number of carbonyl (C=O) groups is 3. The monoisotopic (exact) mass is 573 g/mol. The zero-order valence-electron chi connectivity index (χ0n) is 22.3. The number of hydrogen-bond acceptors (Lipinski definition) is 12. The van der Waals surface area contributed by atoms with Gasteiger partial charge in [0.05, 0.1) is 25.3 Å². The molecule has 1 aromatic heterocycles. The average Bonchev–Trinajstić information content (AvgIpc) is 3.37. The van der Waals surface area contributed by atoms with Gasteiger partial charge in [0, 0.05) is 43.8 Å². The van der Waals surface area contributed by atoms with Gasteiger partial charge in [0.2, 0.25) is 0 Å². The molecule has 14 nitrogen and oxygen atoms in total. The van der Waals surface area contributed by atoms with Crippen LogP contribution in [0.3, 0.4) is 0 Å². The Morgan fingerprint density at radius 2 is 2.00 bits per heavy atom. The second kappa shape index (κ2) is 12.7. The number of ether oxygens (including phenoxy) is 2. The molecule has 5 N–H and O–H groups in total. The zero-order chi connectivity index (χ0) is 28.8. The Morgan fingerprint density at radius 3 is 2.62 bits per heavy atom. The summed E-state index contributed by atoms with van der Waals surface area (Å²) in [6.45, 7) is 3.74. The zero-order valence-corrected chi connectivity index (χ0v) is 23.1. The third-order valence-electron chi connectivity index (χ3n) is 6.38. The van der Waals surface area contributed by atoms with Crippen LogP contribution in [0.5, 0.6) is 11.5 Å². The first-order valence-electron chi connectivity index (χ1n) is 12.4. The quantitative estimate of drug-likeness (QED) is 0.190. The van der Waals surface area contributed by atoms with E-state index in [1.165, 1.54) is 31.6 Å². The second-order valence-corrected chi connectivity index (χ2v) is 9.73. The molecular formula is C25H31N7O7S. The molecule has 4 rings (SSSR count). The van der Waals surface area contributed by atoms with E-state index >= 15 is 0 Å². The number of aromatic nitrogens is 1. The van der Waals surface area contributed by atoms with Crippen LogP contribution in [0.1, 0.15) is 24.2 Å². The summed E-state index contributed by atoms with van der Waals surface area (Å²) in [5.74, 6) is -0.793. The normalized spacial score (nSPS) is 18.2. The lowest BCUT2D eigenvalue weighted by atomic mass is 9.94. The summed E-state index contributed by atoms with van der Waals surface area (Å²) in [4.78, 5) is 51.6. The SMILES string of the molecule is CCOC(=O)C1=C(CN2CCN(C(=O)/C(=N/OC)c3csc(N)n3)CC2)NC(=O)NC1c1ccc(O)c(OC)c1. The summed E-state index contributed by atoms with van der Waals surface area (Å²) in [6, 6.07) is 3.27. The molecule has 0 aliphatic carbocycles. The molecule has 2 aromatic rings. The maximum absolute atomic E-state index is 13.2. The molecule has 1 aromatic carbocycles. The molecule has 3 amide bonds. The Bertz CT molecular complexity index is 1330. The fourth-order valence-corrected chi connectivity index (χ4v) is 5.03. The van der Waals surface area contributed by atoms with Crippen LogP contribution in [0.15, 0.2) is 40.0 Å². The summed E-state index contributed by atoms with van der Waals surface area (Å²) in [6.07, 6.45) is 0. The number of rotatable bonds is 9. The molecule has 2 aliphatic heterocycles. The van der Waals surface area contributed by atoms with Gasteiger partial charge < -0.3 is 40.7 Å². The molecule has 1 saturated heterocycles. The lowest BCUT2D eigenvalue weighted by Gasteiger charge is -2.37. The topological polar surface area (TPSA) is 181 Å². The van der Waals surface area contributed by atoms with E-state index in [9.17, 15) is 19.5 Å². The molecule has 2 aliphatic rings. The van der Waals surface area contributed by atoms with E-state index in [-0.39, 0.29) is 41.8 Å². The molecule has 1 unspecified atom stereocenters. The number of methoxy groups -OCH3 is 1. The molecule has 15 heteroatoms. The fourth-order valence-electron chi connectivity index (χ4n) is 4.48. The number of thiazole rings is 1. The molecule has 0 radical (unpaired) electrons. The van der Waals surface area contributed by atoms with Gasteiger partial charge in [0.25, 0.3) is 5.91 Å². The molecule has 1 atom stereocenters. The van der Waals surface area contributed by atoms with E-state index in [1.807, 2.05) is 4.90 Å². The number of anilines is 1. The smallest absolute Gasteiger partial charge is 0.338 e. The van der Waals surface area contributed by atoms with E-state index < -0.39 is 18.0 Å². The Balaban J connectivity index is 1.54. The Labute approximate surface area is 234 Å². The number of piperazine rings is 1. The molecule has 214 valence electrons. The van der Waals surface area contributed by atoms with Crippen molar-refractivity contribution in [1.29, 1.82) is 0 Å². The van der Waals surface area contributed by atoms with Gasteiger partial charge in [0.15, 0.2) is 22.3 Å². The molecule has 0 saturated carbocycles. The van der Waals surface area contributed by atoms with Crippen LogP contribution in [-0.2, 0) is 19.2 Å². The van der Waals surface area contributed by atoms with Gasteiger partial charge in [-0.1, -0.05) is 11.2 Å². The summed E-state index contributed by atoms with van der Waals surface area (Å²) >= 11 is 1.20. The van der Waals surface area contributed by atoms with Gasteiger partial charge in [-0.3, -0.25) is 9.69 Å². The minimum absolute atomic E-state index is 0.0639. The number of phenols is 1. The minimum Gasteiger partial charge on any atom is -0.504 e. The number of nitrogens with two attached hydrogens (primary N) is 1. The van der Waals surface area contributed by atoms with Gasteiger partial charge in [-0.25, -0.2) is 14.6 Å². The Kier molecular flexibility index (Phi) is 9.06. The van der Waals surface area contributed by atoms with Crippen molar-refractivity contribution in [2.45, 2.75) is 13.0 Å². The number of esters is 1. The van der Waals surface area contributed by atoms with Crippen molar-refractivity contribution in [2.75, 3.05) is 59.3 Å². The summed E-state index contributed by atoms with van der Waals surface area (Å²) in [5, 5.41) is 21.4. The molecular weight excluding hydrogens is 542 g/mol. The van der Waals surface area contributed by atoms with E-state index in [2.05, 4.69) is 20.8 Å². The highest BCUT2D eigenvalue weighted by molar-refractivity contribution is 7.13. The first kappa shape index (κ1) is 28.6. The average molecular weight is 574 g/mol. The van der Waals surface area contributed by atoms with Crippen molar-refractivity contribution in [3.8, 4) is 11.5 Å². The molecule has 1 fully saturated rings. The predicted octanol–water partition coefficient (Wildman–Crippen LogP) is 0.806. The van der Waals surface area contributed by atoms with Gasteiger partial charge in [0.1, 0.15) is 12.8 Å². The summed E-state index contributed by atoms with van der Waals surface area (Å²) in [5.41, 5.74) is 7.29. The van der Waals surface area contributed by atoms with Crippen molar-refractivity contribution < 1.29 is 33.8 Å². The maximum atomic E-state index is 13.2. The van der Waals surface area contributed by atoms with E-state index in [0.29, 0.717) is 48.3 Å². The van der Waals surface area contributed by atoms with Crippen LogP contribution in [-0.4, -0.2) is 97.1 Å². The number of phenolic OH excluding ortho intramolecular Hbond substituents is 1. The number of nitrogens with one attached hydrogen (secondary N) is 2. The largest absolute Gasteiger partial charge is 0.504 e. The molecule has 0 bridgehead atoms. The number of oxime groups is 1. The number of aromatic hydroxyl groups is 1. The van der Waals surface area contributed by atoms with Crippen LogP contribution in [0, 0.1) is 0 Å². The van der Waals surface area contributed by atoms with Crippen LogP contribution in [0.4, 0.5) is 9.93 Å². The lowest BCUT2D eigenvalue weighted by Crippen LogP contribution is -2.53. The lowest BCUT2D eigenvalue weighted by molar-refractivity contribution is -0.139. The number of hydrogen-bond donors (Lipinski definition) is 4. The Hall–Kier alpha value is -4.37. The van der Waals surface area contributed by atoms with E-state index in [0.717, 1.165) is 0 Å². The highest BCUT2D eigenvalue weighted by Gasteiger charge is 2.36. The standard InChI is InChI=1S/C25H31N7O7S/c1-4-39-23(35)19-15(28-25(36)29-20(19)14-5-6-17(33)18(11-14)37-2)12-31-7-9-32(10-8-31)22(34)21(30-38-3)16-13-40-24(26)27-16/h5-6,11,13,20,33H,4,7-10,12H2,1-3H3,(H2,26,27)(H2,28,29,36)/b30-21+. The number of nitrogen functional groups attached to an aromatic ring is 1. The number of urea groups is 1. The van der Waals surface area contributed by atoms with E-state index in [4.69, 9.17) is 20.0 Å². The van der Waals surface area contributed by atoms with Crippen LogP contribution >= 0.6 is 11.3 Å². The number of amides is 3. The highest BCUT2D eigenvalue weighted by atomic mass is 32.1. The number of benzene rings is 1. The van der Waals surface area contributed by atoms with Crippen molar-refractivity contribution in [3.05, 3.63) is 46.1 Å². The van der Waals surface area contributed by atoms with E-state index in [1.54, 1.807) is 29.3 Å². The van der Waals surface area contributed by atoms with Crippen molar-refractivity contribution in [2.24, 2.45) is 5.16 Å². The second-order valence-electron chi connectivity index (χ2n) is 8.84.